The molecule has 2 aromatic carbocycles. The van der Waals surface area contributed by atoms with E-state index in [9.17, 15) is 0 Å². The number of nitrogens with zero attached hydrogens (tertiary/aromatic N) is 4. The minimum Gasteiger partial charge on any atom is -0.298 e. The zero-order chi connectivity index (χ0) is 19.1. The lowest BCUT2D eigenvalue weighted by atomic mass is 10.2. The highest BCUT2D eigenvalue weighted by Crippen LogP contribution is 2.32. The van der Waals surface area contributed by atoms with Crippen molar-refractivity contribution in [3.8, 4) is 17.5 Å². The number of thioether (sulfide) groups is 1. The normalized spacial score (nSPS) is 10.7. The Morgan fingerprint density at radius 1 is 1.04 bits per heavy atom. The maximum atomic E-state index is 8.66. The van der Waals surface area contributed by atoms with Crippen LogP contribution in [0.25, 0.3) is 11.4 Å². The predicted molar refractivity (Wildman–Crippen MR) is 111 cm³/mol. The van der Waals surface area contributed by atoms with Crippen molar-refractivity contribution in [3.05, 3.63) is 64.1 Å². The van der Waals surface area contributed by atoms with E-state index in [1.807, 2.05) is 24.3 Å². The van der Waals surface area contributed by atoms with E-state index >= 15 is 0 Å². The lowest BCUT2D eigenvalue weighted by Crippen LogP contribution is -2.04. The number of aromatic nitrogens is 3. The Hall–Kier alpha value is -2.00. The SMILES string of the molecule is N#CCCCCSc1nnc(-c2ccc(Cl)cc2Cl)n1Cc1ccccc1. The first-order valence-corrected chi connectivity index (χ1v) is 10.4. The Morgan fingerprint density at radius 2 is 1.85 bits per heavy atom. The number of hydrogen-bond donors (Lipinski definition) is 0. The van der Waals surface area contributed by atoms with Gasteiger partial charge in [-0.3, -0.25) is 4.57 Å². The lowest BCUT2D eigenvalue weighted by molar-refractivity contribution is 0.713. The molecule has 27 heavy (non-hydrogen) atoms. The fourth-order valence-electron chi connectivity index (χ4n) is 2.64. The molecule has 4 nitrogen and oxygen atoms in total. The molecule has 0 unspecified atom stereocenters. The Balaban J connectivity index is 1.89. The number of halogens is 2. The molecule has 0 amide bonds. The Bertz CT molecular complexity index is 935. The minimum atomic E-state index is 0.551. The second kappa shape index (κ2) is 9.80. The monoisotopic (exact) mass is 416 g/mol. The third-order valence-corrected chi connectivity index (χ3v) is 5.59. The molecule has 1 heterocycles. The van der Waals surface area contributed by atoms with Crippen LogP contribution in [0.1, 0.15) is 24.8 Å². The van der Waals surface area contributed by atoms with Crippen molar-refractivity contribution in [2.75, 3.05) is 5.75 Å². The highest BCUT2D eigenvalue weighted by molar-refractivity contribution is 7.99. The summed E-state index contributed by atoms with van der Waals surface area (Å²) in [7, 11) is 0. The summed E-state index contributed by atoms with van der Waals surface area (Å²) in [4.78, 5) is 0. The summed E-state index contributed by atoms with van der Waals surface area (Å²) in [6.45, 7) is 0.655. The van der Waals surface area contributed by atoms with Crippen molar-refractivity contribution >= 4 is 35.0 Å². The largest absolute Gasteiger partial charge is 0.298 e. The van der Waals surface area contributed by atoms with E-state index in [1.165, 1.54) is 0 Å². The van der Waals surface area contributed by atoms with Crippen LogP contribution in [0, 0.1) is 11.3 Å². The fraction of sp³-hybridized carbons (Fsp3) is 0.250. The maximum absolute atomic E-state index is 8.66. The number of rotatable bonds is 8. The van der Waals surface area contributed by atoms with Crippen LogP contribution < -0.4 is 0 Å². The molecule has 0 radical (unpaired) electrons. The number of hydrogen-bond acceptors (Lipinski definition) is 4. The molecule has 7 heteroatoms. The second-order valence-corrected chi connectivity index (χ2v) is 7.87. The van der Waals surface area contributed by atoms with Gasteiger partial charge in [0.2, 0.25) is 0 Å². The summed E-state index contributed by atoms with van der Waals surface area (Å²) >= 11 is 14.1. The van der Waals surface area contributed by atoms with Gasteiger partial charge in [0.05, 0.1) is 17.6 Å². The smallest absolute Gasteiger partial charge is 0.191 e. The molecule has 0 aliphatic heterocycles. The Morgan fingerprint density at radius 3 is 2.59 bits per heavy atom. The van der Waals surface area contributed by atoms with Gasteiger partial charge in [-0.25, -0.2) is 0 Å². The first kappa shape index (κ1) is 19.8. The summed E-state index contributed by atoms with van der Waals surface area (Å²) in [5.74, 6) is 1.61. The molecule has 0 saturated carbocycles. The third kappa shape index (κ3) is 5.26. The van der Waals surface area contributed by atoms with Gasteiger partial charge in [-0.05, 0) is 36.6 Å². The van der Waals surface area contributed by atoms with Gasteiger partial charge in [0.1, 0.15) is 0 Å². The quantitative estimate of drug-likeness (QED) is 0.329. The Labute approximate surface area is 173 Å². The molecular weight excluding hydrogens is 399 g/mol. The minimum absolute atomic E-state index is 0.551. The molecule has 3 rings (SSSR count). The van der Waals surface area contributed by atoms with E-state index in [0.29, 0.717) is 23.0 Å². The van der Waals surface area contributed by atoms with Gasteiger partial charge < -0.3 is 0 Å². The van der Waals surface area contributed by atoms with Crippen LogP contribution >= 0.6 is 35.0 Å². The molecule has 0 aliphatic rings. The zero-order valence-electron chi connectivity index (χ0n) is 14.6. The summed E-state index contributed by atoms with van der Waals surface area (Å²) in [6, 6.07) is 17.8. The van der Waals surface area contributed by atoms with Crippen molar-refractivity contribution in [1.29, 1.82) is 5.26 Å². The van der Waals surface area contributed by atoms with Crippen LogP contribution in [0.3, 0.4) is 0 Å². The van der Waals surface area contributed by atoms with E-state index in [1.54, 1.807) is 23.9 Å². The first-order valence-electron chi connectivity index (χ1n) is 8.61. The number of benzene rings is 2. The van der Waals surface area contributed by atoms with Crippen molar-refractivity contribution in [2.24, 2.45) is 0 Å². The van der Waals surface area contributed by atoms with Crippen LogP contribution in [0.5, 0.6) is 0 Å². The van der Waals surface area contributed by atoms with Crippen molar-refractivity contribution in [1.82, 2.24) is 14.8 Å². The third-order valence-electron chi connectivity index (χ3n) is 3.99. The standard InChI is InChI=1S/C20H18Cl2N4S/c21-16-9-10-17(18(22)13-16)19-24-25-20(27-12-6-2-5-11-23)26(19)14-15-7-3-1-4-8-15/h1,3-4,7-10,13H,2,5-6,12,14H2. The topological polar surface area (TPSA) is 54.5 Å². The summed E-state index contributed by atoms with van der Waals surface area (Å²) in [5, 5.41) is 19.4. The molecule has 1 aromatic heterocycles. The molecule has 0 atom stereocenters. The molecule has 0 bridgehead atoms. The fourth-order valence-corrected chi connectivity index (χ4v) is 4.07. The predicted octanol–water partition coefficient (Wildman–Crippen LogP) is 6.09. The highest BCUT2D eigenvalue weighted by atomic mass is 35.5. The number of unbranched alkanes of at least 4 members (excludes halogenated alkanes) is 2. The lowest BCUT2D eigenvalue weighted by Gasteiger charge is -2.11. The molecule has 0 saturated heterocycles. The van der Waals surface area contributed by atoms with E-state index in [2.05, 4.69) is 33.0 Å². The van der Waals surface area contributed by atoms with Crippen molar-refractivity contribution in [2.45, 2.75) is 31.0 Å². The zero-order valence-corrected chi connectivity index (χ0v) is 16.9. The molecule has 0 N–H and O–H groups in total. The number of nitriles is 1. The van der Waals surface area contributed by atoms with Crippen molar-refractivity contribution < 1.29 is 0 Å². The van der Waals surface area contributed by atoms with Crippen LogP contribution in [-0.2, 0) is 6.54 Å². The molecule has 138 valence electrons. The highest BCUT2D eigenvalue weighted by Gasteiger charge is 2.17. The summed E-state index contributed by atoms with van der Waals surface area (Å²) in [5.41, 5.74) is 1.97. The van der Waals surface area contributed by atoms with E-state index in [4.69, 9.17) is 28.5 Å². The van der Waals surface area contributed by atoms with Crippen LogP contribution in [0.15, 0.2) is 53.7 Å². The van der Waals surface area contributed by atoms with Crippen molar-refractivity contribution in [3.63, 3.8) is 0 Å². The molecule has 0 spiro atoms. The van der Waals surface area contributed by atoms with Crippen LogP contribution in [-0.4, -0.2) is 20.5 Å². The van der Waals surface area contributed by atoms with Gasteiger partial charge in [0, 0.05) is 22.8 Å². The molecule has 0 aliphatic carbocycles. The average molecular weight is 417 g/mol. The Kier molecular flexibility index (Phi) is 7.17. The molecule has 3 aromatic rings. The van der Waals surface area contributed by atoms with E-state index < -0.39 is 0 Å². The molecule has 0 fully saturated rings. The second-order valence-electron chi connectivity index (χ2n) is 5.97. The van der Waals surface area contributed by atoms with Gasteiger partial charge in [-0.2, -0.15) is 5.26 Å². The van der Waals surface area contributed by atoms with Crippen LogP contribution in [0.4, 0.5) is 0 Å². The molecular formula is C20H18Cl2N4S. The van der Waals surface area contributed by atoms with Gasteiger partial charge in [-0.15, -0.1) is 10.2 Å². The van der Waals surface area contributed by atoms with Crippen LogP contribution in [0.2, 0.25) is 10.0 Å². The van der Waals surface area contributed by atoms with Gasteiger partial charge in [0.25, 0.3) is 0 Å². The van der Waals surface area contributed by atoms with Gasteiger partial charge >= 0.3 is 0 Å². The first-order chi connectivity index (χ1) is 13.2. The van der Waals surface area contributed by atoms with Gasteiger partial charge in [-0.1, -0.05) is 65.3 Å². The average Bonchev–Trinajstić information content (AvgIpc) is 3.05. The summed E-state index contributed by atoms with van der Waals surface area (Å²) < 4.78 is 2.08. The van der Waals surface area contributed by atoms with E-state index in [-0.39, 0.29) is 0 Å². The van der Waals surface area contributed by atoms with E-state index in [0.717, 1.165) is 40.7 Å². The maximum Gasteiger partial charge on any atom is 0.191 e. The summed E-state index contributed by atoms with van der Waals surface area (Å²) in [6.07, 6.45) is 2.45. The van der Waals surface area contributed by atoms with Gasteiger partial charge in [0.15, 0.2) is 11.0 Å².